The maximum absolute atomic E-state index is 15.8. The molecule has 2 aromatic carbocycles. The van der Waals surface area contributed by atoms with Gasteiger partial charge >= 0.3 is 5.69 Å². The molecule has 1 atom stereocenters. The molecule has 1 fully saturated rings. The first-order valence-corrected chi connectivity index (χ1v) is 13.4. The molecule has 7 rings (SSSR count). The highest BCUT2D eigenvalue weighted by Gasteiger charge is 2.27. The number of fused-ring (bicyclic) bond motifs is 2. The minimum Gasteiger partial charge on any atom is -0.377 e. The topological polar surface area (TPSA) is 92.9 Å². The second-order valence-corrected chi connectivity index (χ2v) is 10.7. The highest BCUT2D eigenvalue weighted by Crippen LogP contribution is 2.37. The van der Waals surface area contributed by atoms with Crippen LogP contribution in [0.5, 0.6) is 0 Å². The number of aromatic nitrogens is 8. The summed E-state index contributed by atoms with van der Waals surface area (Å²) in [5.41, 5.74) is 6.28. The zero-order valence-corrected chi connectivity index (χ0v) is 23.5. The second kappa shape index (κ2) is 9.16. The Hall–Kier alpha value is -4.71. The molecule has 5 heterocycles. The Morgan fingerprint density at radius 3 is 2.56 bits per heavy atom. The second-order valence-electron chi connectivity index (χ2n) is 10.7. The molecule has 4 aromatic heterocycles. The van der Waals surface area contributed by atoms with Gasteiger partial charge in [-0.3, -0.25) is 18.4 Å². The van der Waals surface area contributed by atoms with Gasteiger partial charge in [0.2, 0.25) is 0 Å². The van der Waals surface area contributed by atoms with Crippen LogP contribution in [0.3, 0.4) is 0 Å². The summed E-state index contributed by atoms with van der Waals surface area (Å²) in [6.45, 7) is 3.98. The van der Waals surface area contributed by atoms with E-state index in [4.69, 9.17) is 9.72 Å². The number of morpholine rings is 1. The lowest BCUT2D eigenvalue weighted by Gasteiger charge is -2.36. The summed E-state index contributed by atoms with van der Waals surface area (Å²) in [7, 11) is 7.27. The molecule has 0 amide bonds. The minimum atomic E-state index is -0.376. The van der Waals surface area contributed by atoms with E-state index in [2.05, 4.69) is 28.0 Å². The smallest absolute Gasteiger partial charge is 0.328 e. The molecule has 0 unspecified atom stereocenters. The summed E-state index contributed by atoms with van der Waals surface area (Å²) in [6, 6.07) is 7.43. The van der Waals surface area contributed by atoms with Gasteiger partial charge in [-0.25, -0.2) is 19.2 Å². The van der Waals surface area contributed by atoms with Crippen molar-refractivity contribution < 1.29 is 9.13 Å². The van der Waals surface area contributed by atoms with Crippen LogP contribution in [0.15, 0.2) is 54.0 Å². The van der Waals surface area contributed by atoms with Crippen molar-refractivity contribution in [3.8, 4) is 28.3 Å². The van der Waals surface area contributed by atoms with E-state index in [0.29, 0.717) is 47.7 Å². The highest BCUT2D eigenvalue weighted by atomic mass is 19.1. The molecule has 0 N–H and O–H groups in total. The zero-order chi connectivity index (χ0) is 28.6. The Kier molecular flexibility index (Phi) is 5.65. The molecule has 1 saturated heterocycles. The Morgan fingerprint density at radius 1 is 1.02 bits per heavy atom. The maximum Gasteiger partial charge on any atom is 0.328 e. The van der Waals surface area contributed by atoms with Crippen LogP contribution in [-0.4, -0.2) is 63.8 Å². The summed E-state index contributed by atoms with van der Waals surface area (Å²) in [6.07, 6.45) is 6.88. The molecule has 0 bridgehead atoms. The third-order valence-corrected chi connectivity index (χ3v) is 8.07. The lowest BCUT2D eigenvalue weighted by atomic mass is 10.1. The third-order valence-electron chi connectivity index (χ3n) is 8.07. The third kappa shape index (κ3) is 3.81. The van der Waals surface area contributed by atoms with Crippen LogP contribution in [0.4, 0.5) is 10.1 Å². The van der Waals surface area contributed by atoms with E-state index in [1.165, 1.54) is 6.07 Å². The van der Waals surface area contributed by atoms with Crippen molar-refractivity contribution in [3.63, 3.8) is 0 Å². The summed E-state index contributed by atoms with van der Waals surface area (Å²) < 4.78 is 30.3. The normalized spacial score (nSPS) is 16.0. The number of imidazole rings is 3. The van der Waals surface area contributed by atoms with Gasteiger partial charge < -0.3 is 14.2 Å². The van der Waals surface area contributed by atoms with Crippen molar-refractivity contribution in [2.45, 2.75) is 13.0 Å². The fourth-order valence-corrected chi connectivity index (χ4v) is 5.93. The van der Waals surface area contributed by atoms with Crippen LogP contribution < -0.4 is 10.6 Å². The Bertz CT molecular complexity index is 2030. The van der Waals surface area contributed by atoms with Gasteiger partial charge in [0.1, 0.15) is 11.5 Å². The lowest BCUT2D eigenvalue weighted by molar-refractivity contribution is 0.0990. The van der Waals surface area contributed by atoms with E-state index in [-0.39, 0.29) is 17.5 Å². The van der Waals surface area contributed by atoms with Gasteiger partial charge in [-0.05, 0) is 25.1 Å². The van der Waals surface area contributed by atoms with E-state index >= 15 is 4.39 Å². The fourth-order valence-electron chi connectivity index (χ4n) is 5.93. The molecule has 210 valence electrons. The molecule has 0 aliphatic carbocycles. The van der Waals surface area contributed by atoms with Crippen molar-refractivity contribution in [1.82, 2.24) is 38.0 Å². The molecular weight excluding hydrogens is 525 g/mol. The Morgan fingerprint density at radius 2 is 1.85 bits per heavy atom. The van der Waals surface area contributed by atoms with Crippen molar-refractivity contribution >= 4 is 27.8 Å². The monoisotopic (exact) mass is 555 g/mol. The standard InChI is InChI=1S/C29H30FN9O2/c1-17-15-41-7-6-38(17)25-9-19(8-24-27(25)37(5)29(40)36(24)4)39-23-11-21(30)20(18-12-32-35(3)14-18)10-22(23)33-28(39)26-13-31-16-34(26)2/h8-14,16-17H,6-7,15H2,1-5H3/t17-/m1/s1. The molecule has 12 heteroatoms. The number of benzene rings is 2. The summed E-state index contributed by atoms with van der Waals surface area (Å²) in [5, 5.41) is 4.21. The first-order valence-electron chi connectivity index (χ1n) is 13.4. The van der Waals surface area contributed by atoms with Gasteiger partial charge in [-0.15, -0.1) is 0 Å². The van der Waals surface area contributed by atoms with Crippen LogP contribution in [-0.2, 0) is 32.9 Å². The van der Waals surface area contributed by atoms with Gasteiger partial charge in [0.25, 0.3) is 0 Å². The fraction of sp³-hybridized carbons (Fsp3) is 0.310. The Balaban J connectivity index is 1.55. The number of anilines is 1. The van der Waals surface area contributed by atoms with Gasteiger partial charge in [0.15, 0.2) is 5.82 Å². The van der Waals surface area contributed by atoms with Crippen molar-refractivity contribution in [2.24, 2.45) is 28.2 Å². The molecule has 0 saturated carbocycles. The number of aryl methyl sites for hydroxylation is 4. The van der Waals surface area contributed by atoms with Crippen LogP contribution in [0.2, 0.25) is 0 Å². The Labute approximate surface area is 234 Å². The van der Waals surface area contributed by atoms with Gasteiger partial charge in [0, 0.05) is 64.2 Å². The summed E-state index contributed by atoms with van der Waals surface area (Å²) in [5.74, 6) is 0.238. The van der Waals surface area contributed by atoms with Crippen LogP contribution in [0.1, 0.15) is 6.92 Å². The average molecular weight is 556 g/mol. The average Bonchev–Trinajstić information content (AvgIpc) is 3.72. The quantitative estimate of drug-likeness (QED) is 0.331. The molecule has 0 spiro atoms. The SMILES string of the molecule is C[C@@H]1COCCN1c1cc(-n2c(-c3cncn3C)nc3cc(-c4cnn(C)c4)c(F)cc32)cc2c1n(C)c(=O)n2C. The number of nitrogens with zero attached hydrogens (tertiary/aromatic N) is 9. The van der Waals surface area contributed by atoms with Crippen molar-refractivity contribution in [1.29, 1.82) is 0 Å². The van der Waals surface area contributed by atoms with E-state index < -0.39 is 0 Å². The minimum absolute atomic E-state index is 0.105. The van der Waals surface area contributed by atoms with Gasteiger partial charge in [-0.2, -0.15) is 5.10 Å². The first kappa shape index (κ1) is 25.3. The van der Waals surface area contributed by atoms with Crippen molar-refractivity contribution in [3.05, 3.63) is 65.5 Å². The molecule has 6 aromatic rings. The summed E-state index contributed by atoms with van der Waals surface area (Å²) >= 11 is 0. The maximum atomic E-state index is 15.8. The molecule has 1 aliphatic heterocycles. The first-order chi connectivity index (χ1) is 19.7. The molecule has 0 radical (unpaired) electrons. The number of ether oxygens (including phenoxy) is 1. The summed E-state index contributed by atoms with van der Waals surface area (Å²) in [4.78, 5) is 24.7. The van der Waals surface area contributed by atoms with E-state index in [0.717, 1.165) is 28.1 Å². The number of hydrogen-bond acceptors (Lipinski definition) is 6. The van der Waals surface area contributed by atoms with Gasteiger partial charge in [-0.1, -0.05) is 0 Å². The number of halogens is 1. The molecular formula is C29H30FN9O2. The zero-order valence-electron chi connectivity index (χ0n) is 23.5. The van der Waals surface area contributed by atoms with E-state index in [1.54, 1.807) is 65.9 Å². The predicted molar refractivity (Wildman–Crippen MR) is 155 cm³/mol. The van der Waals surface area contributed by atoms with Crippen LogP contribution in [0, 0.1) is 5.82 Å². The number of rotatable bonds is 4. The molecule has 41 heavy (non-hydrogen) atoms. The van der Waals surface area contributed by atoms with Crippen LogP contribution >= 0.6 is 0 Å². The van der Waals surface area contributed by atoms with Gasteiger partial charge in [0.05, 0.1) is 65.4 Å². The molecule has 1 aliphatic rings. The van der Waals surface area contributed by atoms with E-state index in [1.807, 2.05) is 22.2 Å². The van der Waals surface area contributed by atoms with Crippen LogP contribution in [0.25, 0.3) is 50.4 Å². The number of hydrogen-bond donors (Lipinski definition) is 0. The largest absolute Gasteiger partial charge is 0.377 e. The predicted octanol–water partition coefficient (Wildman–Crippen LogP) is 3.38. The highest BCUT2D eigenvalue weighted by molar-refractivity contribution is 5.94. The lowest BCUT2D eigenvalue weighted by Crippen LogP contribution is -2.44. The van der Waals surface area contributed by atoms with Crippen molar-refractivity contribution in [2.75, 3.05) is 24.7 Å². The van der Waals surface area contributed by atoms with E-state index in [9.17, 15) is 4.79 Å². The molecule has 11 nitrogen and oxygen atoms in total.